The first kappa shape index (κ1) is 24.4. The van der Waals surface area contributed by atoms with Gasteiger partial charge in [-0.2, -0.15) is 0 Å². The van der Waals surface area contributed by atoms with Crippen LogP contribution in [-0.2, 0) is 9.84 Å². The lowest BCUT2D eigenvalue weighted by atomic mass is 9.88. The van der Waals surface area contributed by atoms with Gasteiger partial charge in [-0.3, -0.25) is 4.99 Å². The summed E-state index contributed by atoms with van der Waals surface area (Å²) in [6, 6.07) is 21.0. The molecular weight excluding hydrogens is 485 g/mol. The fourth-order valence-corrected chi connectivity index (χ4v) is 3.66. The average molecular weight is 515 g/mol. The highest BCUT2D eigenvalue weighted by atomic mass is 127. The summed E-state index contributed by atoms with van der Waals surface area (Å²) in [4.78, 5) is 4.21. The van der Waals surface area contributed by atoms with Gasteiger partial charge in [0.15, 0.2) is 5.96 Å². The first-order valence-corrected chi connectivity index (χ1v) is 11.3. The van der Waals surface area contributed by atoms with Gasteiger partial charge in [-0.05, 0) is 24.0 Å². The Balaban J connectivity index is 0.00000392. The fraction of sp³-hybridized carbons (Fsp3) is 0.381. The number of guanidine groups is 1. The van der Waals surface area contributed by atoms with Crippen molar-refractivity contribution in [2.24, 2.45) is 4.99 Å². The molecule has 0 radical (unpaired) electrons. The van der Waals surface area contributed by atoms with Gasteiger partial charge in [0.05, 0.1) is 5.75 Å². The molecule has 0 aliphatic heterocycles. The summed E-state index contributed by atoms with van der Waals surface area (Å²) in [7, 11) is -1.20. The van der Waals surface area contributed by atoms with Gasteiger partial charge in [-0.25, -0.2) is 8.42 Å². The number of nitrogens with one attached hydrogen (secondary N) is 2. The highest BCUT2D eigenvalue weighted by Crippen LogP contribution is 2.27. The van der Waals surface area contributed by atoms with E-state index in [1.807, 2.05) is 12.1 Å². The number of hydrogen-bond acceptors (Lipinski definition) is 3. The van der Waals surface area contributed by atoms with Crippen LogP contribution in [0.1, 0.15) is 29.9 Å². The van der Waals surface area contributed by atoms with E-state index in [9.17, 15) is 8.42 Å². The van der Waals surface area contributed by atoms with Gasteiger partial charge < -0.3 is 10.6 Å². The molecule has 0 aromatic heterocycles. The summed E-state index contributed by atoms with van der Waals surface area (Å²) in [6.45, 7) is 1.34. The van der Waals surface area contributed by atoms with Crippen LogP contribution in [0.5, 0.6) is 0 Å². The summed E-state index contributed by atoms with van der Waals surface area (Å²) < 4.78 is 22.4. The maximum Gasteiger partial charge on any atom is 0.190 e. The van der Waals surface area contributed by atoms with E-state index in [1.165, 1.54) is 17.4 Å². The van der Waals surface area contributed by atoms with Crippen molar-refractivity contribution in [1.29, 1.82) is 0 Å². The third-order valence-electron chi connectivity index (χ3n) is 4.34. The molecule has 7 heteroatoms. The standard InChI is InChI=1S/C21H29N3O2S.HI/c1-22-21(23-15-9-17-27(2,25)26)24-16-14-20(18-10-5-3-6-11-18)19-12-7-4-8-13-19;/h3-8,10-13,20H,9,14-17H2,1-2H3,(H2,22,23,24);1H. The molecule has 154 valence electrons. The Morgan fingerprint density at radius 2 is 1.43 bits per heavy atom. The van der Waals surface area contributed by atoms with Crippen LogP contribution in [0.4, 0.5) is 0 Å². The molecule has 0 heterocycles. The van der Waals surface area contributed by atoms with Crippen molar-refractivity contribution >= 4 is 39.8 Å². The van der Waals surface area contributed by atoms with E-state index in [0.717, 1.165) is 13.0 Å². The lowest BCUT2D eigenvalue weighted by molar-refractivity contribution is 0.598. The first-order chi connectivity index (χ1) is 13.0. The molecule has 0 amide bonds. The molecule has 0 spiro atoms. The number of aliphatic imine (C=N–C) groups is 1. The summed E-state index contributed by atoms with van der Waals surface area (Å²) in [6.07, 6.45) is 2.75. The van der Waals surface area contributed by atoms with Gasteiger partial charge in [0.1, 0.15) is 9.84 Å². The zero-order chi connectivity index (χ0) is 19.5. The van der Waals surface area contributed by atoms with E-state index in [2.05, 4.69) is 64.2 Å². The second kappa shape index (κ2) is 12.8. The predicted octanol–water partition coefficient (Wildman–Crippen LogP) is 3.43. The number of sulfone groups is 1. The highest BCUT2D eigenvalue weighted by molar-refractivity contribution is 14.0. The quantitative estimate of drug-likeness (QED) is 0.233. The van der Waals surface area contributed by atoms with Gasteiger partial charge in [0.25, 0.3) is 0 Å². The molecule has 0 fully saturated rings. The molecular formula is C21H30IN3O2S. The molecule has 0 unspecified atom stereocenters. The molecule has 2 aromatic rings. The molecule has 2 rings (SSSR count). The predicted molar refractivity (Wildman–Crippen MR) is 128 cm³/mol. The molecule has 2 aromatic carbocycles. The van der Waals surface area contributed by atoms with Crippen LogP contribution >= 0.6 is 24.0 Å². The molecule has 0 bridgehead atoms. The Hall–Kier alpha value is -1.61. The molecule has 0 saturated heterocycles. The summed E-state index contributed by atoms with van der Waals surface area (Å²) >= 11 is 0. The van der Waals surface area contributed by atoms with Crippen LogP contribution in [0, 0.1) is 0 Å². The number of hydrogen-bond donors (Lipinski definition) is 2. The van der Waals surface area contributed by atoms with Gasteiger partial charge in [0.2, 0.25) is 0 Å². The monoisotopic (exact) mass is 515 g/mol. The van der Waals surface area contributed by atoms with E-state index in [-0.39, 0.29) is 29.7 Å². The van der Waals surface area contributed by atoms with Crippen molar-refractivity contribution in [3.05, 3.63) is 71.8 Å². The minimum absolute atomic E-state index is 0. The van der Waals surface area contributed by atoms with Crippen LogP contribution in [0.3, 0.4) is 0 Å². The lowest BCUT2D eigenvalue weighted by Crippen LogP contribution is -2.39. The number of benzene rings is 2. The van der Waals surface area contributed by atoms with Crippen molar-refractivity contribution in [2.45, 2.75) is 18.8 Å². The Morgan fingerprint density at radius 3 is 1.89 bits per heavy atom. The maximum atomic E-state index is 11.2. The Morgan fingerprint density at radius 1 is 0.929 bits per heavy atom. The third kappa shape index (κ3) is 9.05. The Labute approximate surface area is 186 Å². The minimum Gasteiger partial charge on any atom is -0.356 e. The smallest absolute Gasteiger partial charge is 0.190 e. The van der Waals surface area contributed by atoms with Crippen molar-refractivity contribution in [3.63, 3.8) is 0 Å². The van der Waals surface area contributed by atoms with Gasteiger partial charge in [0, 0.05) is 32.3 Å². The molecule has 0 saturated carbocycles. The van der Waals surface area contributed by atoms with E-state index in [1.54, 1.807) is 7.05 Å². The van der Waals surface area contributed by atoms with Gasteiger partial charge in [-0.15, -0.1) is 24.0 Å². The zero-order valence-corrected chi connectivity index (χ0v) is 19.6. The minimum atomic E-state index is -2.92. The Kier molecular flexibility index (Phi) is 11.1. The zero-order valence-electron chi connectivity index (χ0n) is 16.5. The summed E-state index contributed by atoms with van der Waals surface area (Å²) in [5.41, 5.74) is 2.59. The van der Waals surface area contributed by atoms with Crippen molar-refractivity contribution in [1.82, 2.24) is 10.6 Å². The Bertz CT molecular complexity index is 773. The molecule has 2 N–H and O–H groups in total. The number of nitrogens with zero attached hydrogens (tertiary/aromatic N) is 1. The molecule has 0 aliphatic rings. The molecule has 5 nitrogen and oxygen atoms in total. The van der Waals surface area contributed by atoms with E-state index >= 15 is 0 Å². The second-order valence-electron chi connectivity index (χ2n) is 6.57. The van der Waals surface area contributed by atoms with Crippen LogP contribution < -0.4 is 10.6 Å². The van der Waals surface area contributed by atoms with E-state index in [0.29, 0.717) is 24.8 Å². The molecule has 0 atom stereocenters. The SMILES string of the molecule is CN=C(NCCCS(C)(=O)=O)NCCC(c1ccccc1)c1ccccc1.I. The summed E-state index contributed by atoms with van der Waals surface area (Å²) in [5, 5.41) is 6.50. The first-order valence-electron chi connectivity index (χ1n) is 9.22. The molecule has 0 aliphatic carbocycles. The van der Waals surface area contributed by atoms with E-state index in [4.69, 9.17) is 0 Å². The lowest BCUT2D eigenvalue weighted by Gasteiger charge is -2.19. The largest absolute Gasteiger partial charge is 0.356 e. The second-order valence-corrected chi connectivity index (χ2v) is 8.83. The van der Waals surface area contributed by atoms with Crippen molar-refractivity contribution < 1.29 is 8.42 Å². The molecule has 28 heavy (non-hydrogen) atoms. The highest BCUT2D eigenvalue weighted by Gasteiger charge is 2.13. The van der Waals surface area contributed by atoms with Crippen molar-refractivity contribution in [3.8, 4) is 0 Å². The number of rotatable bonds is 9. The van der Waals surface area contributed by atoms with Crippen LogP contribution in [0.25, 0.3) is 0 Å². The topological polar surface area (TPSA) is 70.6 Å². The average Bonchev–Trinajstić information content (AvgIpc) is 2.67. The maximum absolute atomic E-state index is 11.2. The van der Waals surface area contributed by atoms with Crippen LogP contribution in [0.2, 0.25) is 0 Å². The van der Waals surface area contributed by atoms with Gasteiger partial charge in [-0.1, -0.05) is 60.7 Å². The summed E-state index contributed by atoms with van der Waals surface area (Å²) in [5.74, 6) is 1.19. The fourth-order valence-electron chi connectivity index (χ4n) is 2.99. The van der Waals surface area contributed by atoms with Crippen LogP contribution in [0.15, 0.2) is 65.7 Å². The third-order valence-corrected chi connectivity index (χ3v) is 5.37. The van der Waals surface area contributed by atoms with Crippen molar-refractivity contribution in [2.75, 3.05) is 32.1 Å². The number of halogens is 1. The van der Waals surface area contributed by atoms with Crippen LogP contribution in [-0.4, -0.2) is 46.5 Å². The van der Waals surface area contributed by atoms with Gasteiger partial charge >= 0.3 is 0 Å². The van der Waals surface area contributed by atoms with E-state index < -0.39 is 9.84 Å². The normalized spacial score (nSPS) is 11.8.